The summed E-state index contributed by atoms with van der Waals surface area (Å²) < 4.78 is 61.8. The number of aliphatic hydroxyl groups is 1. The molecule has 1 aliphatic rings. The van der Waals surface area contributed by atoms with E-state index >= 15 is 0 Å². The van der Waals surface area contributed by atoms with Crippen molar-refractivity contribution in [3.8, 4) is 5.75 Å². The molecule has 0 amide bonds. The van der Waals surface area contributed by atoms with Crippen molar-refractivity contribution in [2.24, 2.45) is 7.05 Å². The fourth-order valence-electron chi connectivity index (χ4n) is 4.24. The average molecular weight is 508 g/mol. The van der Waals surface area contributed by atoms with Crippen LogP contribution in [0.4, 0.5) is 29.1 Å². The fourth-order valence-corrected chi connectivity index (χ4v) is 4.24. The molecule has 2 heterocycles. The van der Waals surface area contributed by atoms with Gasteiger partial charge in [0, 0.05) is 33.8 Å². The maximum Gasteiger partial charge on any atom is 0.419 e. The van der Waals surface area contributed by atoms with Crippen LogP contribution >= 0.6 is 0 Å². The first-order valence-corrected chi connectivity index (χ1v) is 11.1. The normalized spacial score (nSPS) is 15.4. The smallest absolute Gasteiger partial charge is 0.419 e. The van der Waals surface area contributed by atoms with Gasteiger partial charge >= 0.3 is 11.9 Å². The average Bonchev–Trinajstić information content (AvgIpc) is 3.10. The summed E-state index contributed by atoms with van der Waals surface area (Å²) in [6, 6.07) is 11.3. The van der Waals surface area contributed by atoms with Gasteiger partial charge in [0.1, 0.15) is 23.1 Å². The number of ether oxygens (including phenoxy) is 1. The Labute approximate surface area is 203 Å². The number of fused-ring (bicyclic) bond motifs is 1. The SMILES string of the molecule is CN1c2c(c(=O)n(CCCO)c(=O)n2C)N(Cc2ccccc2)C1Oc1ccc(F)c(C(F)(F)F)c1. The molecule has 2 aromatic carbocycles. The van der Waals surface area contributed by atoms with Gasteiger partial charge in [-0.1, -0.05) is 30.3 Å². The number of aromatic nitrogens is 2. The van der Waals surface area contributed by atoms with Crippen molar-refractivity contribution in [2.75, 3.05) is 23.5 Å². The Morgan fingerprint density at radius 1 is 1.06 bits per heavy atom. The molecule has 36 heavy (non-hydrogen) atoms. The Morgan fingerprint density at radius 3 is 2.39 bits per heavy atom. The van der Waals surface area contributed by atoms with Gasteiger partial charge in [-0.05, 0) is 30.2 Å². The molecule has 1 atom stereocenters. The first-order valence-electron chi connectivity index (χ1n) is 11.1. The molecule has 192 valence electrons. The van der Waals surface area contributed by atoms with Crippen LogP contribution in [0, 0.1) is 5.82 Å². The van der Waals surface area contributed by atoms with Gasteiger partial charge in [-0.15, -0.1) is 0 Å². The molecule has 0 spiro atoms. The molecule has 0 aliphatic carbocycles. The molecule has 0 bridgehead atoms. The molecule has 1 aliphatic heterocycles. The zero-order chi connectivity index (χ0) is 26.2. The second-order valence-corrected chi connectivity index (χ2v) is 8.36. The maximum atomic E-state index is 13.8. The van der Waals surface area contributed by atoms with Gasteiger partial charge in [-0.2, -0.15) is 13.2 Å². The lowest BCUT2D eigenvalue weighted by atomic mass is 10.2. The molecule has 1 unspecified atom stereocenters. The van der Waals surface area contributed by atoms with Gasteiger partial charge in [-0.3, -0.25) is 13.9 Å². The van der Waals surface area contributed by atoms with Gasteiger partial charge in [0.2, 0.25) is 0 Å². The van der Waals surface area contributed by atoms with Gasteiger partial charge in [0.25, 0.3) is 11.9 Å². The van der Waals surface area contributed by atoms with Crippen molar-refractivity contribution >= 4 is 11.5 Å². The highest BCUT2D eigenvalue weighted by atomic mass is 19.4. The molecule has 0 saturated heterocycles. The lowest BCUT2D eigenvalue weighted by molar-refractivity contribution is -0.140. The van der Waals surface area contributed by atoms with Crippen LogP contribution in [0.15, 0.2) is 58.1 Å². The zero-order valence-corrected chi connectivity index (χ0v) is 19.5. The van der Waals surface area contributed by atoms with E-state index in [1.165, 1.54) is 16.5 Å². The second-order valence-electron chi connectivity index (χ2n) is 8.36. The van der Waals surface area contributed by atoms with Crippen LogP contribution in [-0.4, -0.2) is 34.2 Å². The first kappa shape index (κ1) is 25.3. The Hall–Kier alpha value is -3.80. The van der Waals surface area contributed by atoms with Crippen LogP contribution in [0.2, 0.25) is 0 Å². The Morgan fingerprint density at radius 2 is 1.75 bits per heavy atom. The van der Waals surface area contributed by atoms with Crippen molar-refractivity contribution in [2.45, 2.75) is 32.0 Å². The maximum absolute atomic E-state index is 13.8. The number of aliphatic hydroxyl groups excluding tert-OH is 1. The van der Waals surface area contributed by atoms with Crippen molar-refractivity contribution in [1.82, 2.24) is 9.13 Å². The van der Waals surface area contributed by atoms with Crippen LogP contribution in [0.1, 0.15) is 17.5 Å². The summed E-state index contributed by atoms with van der Waals surface area (Å²) in [5, 5.41) is 9.20. The topological polar surface area (TPSA) is 79.9 Å². The summed E-state index contributed by atoms with van der Waals surface area (Å²) in [7, 11) is 3.01. The van der Waals surface area contributed by atoms with Crippen molar-refractivity contribution < 1.29 is 27.4 Å². The zero-order valence-electron chi connectivity index (χ0n) is 19.5. The Kier molecular flexibility index (Phi) is 6.81. The summed E-state index contributed by atoms with van der Waals surface area (Å²) in [6.07, 6.45) is -5.88. The third kappa shape index (κ3) is 4.55. The van der Waals surface area contributed by atoms with E-state index in [-0.39, 0.29) is 43.4 Å². The van der Waals surface area contributed by atoms with Crippen molar-refractivity contribution in [1.29, 1.82) is 0 Å². The Balaban J connectivity index is 1.84. The number of hydrogen-bond donors (Lipinski definition) is 1. The van der Waals surface area contributed by atoms with Crippen LogP contribution < -0.4 is 25.8 Å². The highest BCUT2D eigenvalue weighted by Gasteiger charge is 2.41. The van der Waals surface area contributed by atoms with Crippen LogP contribution in [0.3, 0.4) is 0 Å². The van der Waals surface area contributed by atoms with Gasteiger partial charge in [-0.25, -0.2) is 9.18 Å². The molecule has 0 radical (unpaired) electrons. The molecule has 3 aromatic rings. The minimum absolute atomic E-state index is 0.0173. The largest absolute Gasteiger partial charge is 0.452 e. The number of nitrogens with zero attached hydrogens (tertiary/aromatic N) is 4. The summed E-state index contributed by atoms with van der Waals surface area (Å²) in [5.74, 6) is -1.49. The molecular formula is C24H24F4N4O4. The van der Waals surface area contributed by atoms with Crippen LogP contribution in [-0.2, 0) is 26.3 Å². The second kappa shape index (κ2) is 9.69. The molecule has 12 heteroatoms. The quantitative estimate of drug-likeness (QED) is 0.495. The highest BCUT2D eigenvalue weighted by Crippen LogP contribution is 2.38. The minimum atomic E-state index is -4.93. The molecule has 0 saturated carbocycles. The molecule has 4 rings (SSSR count). The van der Waals surface area contributed by atoms with Gasteiger partial charge in [0.15, 0.2) is 0 Å². The third-order valence-corrected chi connectivity index (χ3v) is 5.93. The van der Waals surface area contributed by atoms with Crippen LogP contribution in [0.5, 0.6) is 5.75 Å². The molecule has 1 N–H and O–H groups in total. The van der Waals surface area contributed by atoms with Gasteiger partial charge < -0.3 is 19.6 Å². The number of hydrogen-bond acceptors (Lipinski definition) is 6. The van der Waals surface area contributed by atoms with Crippen LogP contribution in [0.25, 0.3) is 0 Å². The number of rotatable bonds is 7. The van der Waals surface area contributed by atoms with E-state index in [9.17, 15) is 32.3 Å². The minimum Gasteiger partial charge on any atom is -0.452 e. The third-order valence-electron chi connectivity index (χ3n) is 5.93. The standard InChI is InChI=1S/C24H24F4N4O4/c1-29-20-19(21(34)31(22(29)35)11-6-12-33)32(14-15-7-4-3-5-8-15)23(30(20)2)36-16-9-10-18(25)17(13-16)24(26,27)28/h3-5,7-10,13,23,33H,6,11-12,14H2,1-2H3. The predicted molar refractivity (Wildman–Crippen MR) is 124 cm³/mol. The predicted octanol–water partition coefficient (Wildman–Crippen LogP) is 2.91. The number of benzene rings is 2. The fraction of sp³-hybridized carbons (Fsp3) is 0.333. The number of anilines is 2. The monoisotopic (exact) mass is 508 g/mol. The first-order chi connectivity index (χ1) is 17.0. The van der Waals surface area contributed by atoms with E-state index in [1.807, 2.05) is 6.07 Å². The van der Waals surface area contributed by atoms with Crippen molar-refractivity contribution in [3.63, 3.8) is 0 Å². The number of alkyl halides is 3. The molecule has 1 aromatic heterocycles. The number of halogens is 4. The summed E-state index contributed by atoms with van der Waals surface area (Å²) in [5.41, 5.74) is -1.82. The molecule has 8 nitrogen and oxygen atoms in total. The molecular weight excluding hydrogens is 484 g/mol. The lowest BCUT2D eigenvalue weighted by Gasteiger charge is -2.30. The van der Waals surface area contributed by atoms with E-state index in [0.29, 0.717) is 12.1 Å². The van der Waals surface area contributed by atoms with E-state index in [1.54, 1.807) is 36.2 Å². The summed E-state index contributed by atoms with van der Waals surface area (Å²) in [4.78, 5) is 29.4. The van der Waals surface area contributed by atoms with E-state index < -0.39 is 35.2 Å². The lowest BCUT2D eigenvalue weighted by Crippen LogP contribution is -2.46. The van der Waals surface area contributed by atoms with Gasteiger partial charge in [0.05, 0.1) is 5.56 Å². The van der Waals surface area contributed by atoms with E-state index in [2.05, 4.69) is 0 Å². The molecule has 0 fully saturated rings. The van der Waals surface area contributed by atoms with Crippen molar-refractivity contribution in [3.05, 3.63) is 86.3 Å². The Bertz CT molecular complexity index is 1370. The summed E-state index contributed by atoms with van der Waals surface area (Å²) >= 11 is 0. The van der Waals surface area contributed by atoms with E-state index in [4.69, 9.17) is 4.74 Å². The van der Waals surface area contributed by atoms with E-state index in [0.717, 1.165) is 16.2 Å². The summed E-state index contributed by atoms with van der Waals surface area (Å²) in [6.45, 7) is -0.113. The highest BCUT2D eigenvalue weighted by molar-refractivity contribution is 5.73.